The number of H-pyrrole nitrogens is 1. The molecule has 5 heteroatoms. The van der Waals surface area contributed by atoms with E-state index in [9.17, 15) is 0 Å². The van der Waals surface area contributed by atoms with Gasteiger partial charge in [-0.2, -0.15) is 5.26 Å². The Morgan fingerprint density at radius 3 is 2.24 bits per heavy atom. The van der Waals surface area contributed by atoms with Crippen LogP contribution in [0.3, 0.4) is 0 Å². The lowest BCUT2D eigenvalue weighted by Gasteiger charge is -1.92. The van der Waals surface area contributed by atoms with E-state index < -0.39 is 0 Å². The van der Waals surface area contributed by atoms with Crippen LogP contribution in [-0.4, -0.2) is 22.6 Å². The van der Waals surface area contributed by atoms with E-state index in [4.69, 9.17) is 5.26 Å². The molecule has 0 atom stereocenters. The number of hydrogen-bond acceptors (Lipinski definition) is 4. The van der Waals surface area contributed by atoms with Crippen molar-refractivity contribution in [3.63, 3.8) is 0 Å². The molecule has 0 aromatic carbocycles. The minimum atomic E-state index is 0.605. The Kier molecular flexibility index (Phi) is 3.77. The van der Waals surface area contributed by atoms with E-state index in [2.05, 4.69) is 26.0 Å². The van der Waals surface area contributed by atoms with Crippen LogP contribution in [0.2, 0.25) is 0 Å². The molecule has 0 fully saturated rings. The van der Waals surface area contributed by atoms with Crippen molar-refractivity contribution in [3.8, 4) is 6.07 Å². The second-order valence-corrected chi connectivity index (χ2v) is 5.54. The summed E-state index contributed by atoms with van der Waals surface area (Å²) in [7, 11) is 0. The number of aliphatic imine (C=N–C) groups is 3. The largest absolute Gasteiger partial charge is 0.360 e. The molecule has 0 amide bonds. The summed E-state index contributed by atoms with van der Waals surface area (Å²) < 4.78 is 0. The van der Waals surface area contributed by atoms with Crippen LogP contribution in [0.15, 0.2) is 92.9 Å². The standard InChI is InChI=1S/C20H13N5/c21-12-14-8-20(23-13-14)11-19-6-5-18(25-19)10-17-4-3-16(24-17)9-15-2-1-7-22-15/h1-11,13,23H. The van der Waals surface area contributed by atoms with Crippen molar-refractivity contribution in [3.05, 3.63) is 89.2 Å². The number of aromatic amines is 1. The molecule has 5 nitrogen and oxygen atoms in total. The fraction of sp³-hybridized carbons (Fsp3) is 0. The van der Waals surface area contributed by atoms with E-state index in [0.717, 1.165) is 34.2 Å². The topological polar surface area (TPSA) is 76.7 Å². The molecule has 25 heavy (non-hydrogen) atoms. The van der Waals surface area contributed by atoms with Crippen molar-refractivity contribution in [2.45, 2.75) is 0 Å². The molecule has 1 N–H and O–H groups in total. The minimum Gasteiger partial charge on any atom is -0.360 e. The Balaban J connectivity index is 1.50. The fourth-order valence-corrected chi connectivity index (χ4v) is 2.53. The lowest BCUT2D eigenvalue weighted by molar-refractivity contribution is 1.35. The van der Waals surface area contributed by atoms with Crippen molar-refractivity contribution in [1.82, 2.24) is 4.98 Å². The van der Waals surface area contributed by atoms with E-state index >= 15 is 0 Å². The zero-order valence-corrected chi connectivity index (χ0v) is 13.2. The number of aromatic nitrogens is 1. The zero-order valence-electron chi connectivity index (χ0n) is 13.2. The van der Waals surface area contributed by atoms with Crippen LogP contribution in [0.1, 0.15) is 11.3 Å². The molecule has 4 rings (SSSR count). The average molecular weight is 323 g/mol. The molecule has 0 saturated heterocycles. The van der Waals surface area contributed by atoms with Gasteiger partial charge in [-0.15, -0.1) is 0 Å². The number of allylic oxidation sites excluding steroid dienone is 8. The number of hydrogen-bond donors (Lipinski definition) is 1. The van der Waals surface area contributed by atoms with Crippen molar-refractivity contribution < 1.29 is 0 Å². The summed E-state index contributed by atoms with van der Waals surface area (Å²) in [5.74, 6) is 0. The normalized spacial score (nSPS) is 22.4. The van der Waals surface area contributed by atoms with Crippen LogP contribution in [0.4, 0.5) is 0 Å². The molecule has 0 bridgehead atoms. The van der Waals surface area contributed by atoms with Gasteiger partial charge in [0.25, 0.3) is 0 Å². The highest BCUT2D eigenvalue weighted by Crippen LogP contribution is 2.18. The number of nitrogens with one attached hydrogen (secondary N) is 1. The first-order valence-electron chi connectivity index (χ1n) is 7.76. The number of nitrogens with zero attached hydrogens (tertiary/aromatic N) is 4. The Bertz CT molecular complexity index is 1030. The van der Waals surface area contributed by atoms with Gasteiger partial charge in [-0.25, -0.2) is 9.98 Å². The average Bonchev–Trinajstić information content (AvgIpc) is 3.38. The summed E-state index contributed by atoms with van der Waals surface area (Å²) in [5.41, 5.74) is 5.76. The Morgan fingerprint density at radius 1 is 0.880 bits per heavy atom. The lowest BCUT2D eigenvalue weighted by Crippen LogP contribution is -1.86. The molecule has 118 valence electrons. The third-order valence-electron chi connectivity index (χ3n) is 3.67. The molecule has 3 aliphatic heterocycles. The molecule has 0 spiro atoms. The molecule has 0 unspecified atom stereocenters. The Hall–Kier alpha value is -3.78. The first-order chi connectivity index (χ1) is 12.3. The summed E-state index contributed by atoms with van der Waals surface area (Å²) in [6.45, 7) is 0. The van der Waals surface area contributed by atoms with E-state index in [-0.39, 0.29) is 0 Å². The van der Waals surface area contributed by atoms with Gasteiger partial charge in [-0.1, -0.05) is 0 Å². The SMILES string of the molecule is N#Cc1c[nH]c(C=C2C=CC(C=C3C=CC(C=C4C=CC=N4)=N3)=N2)c1. The highest BCUT2D eigenvalue weighted by Gasteiger charge is 2.07. The van der Waals surface area contributed by atoms with Crippen LogP contribution in [-0.2, 0) is 0 Å². The van der Waals surface area contributed by atoms with E-state index in [1.54, 1.807) is 18.5 Å². The van der Waals surface area contributed by atoms with Gasteiger partial charge in [0.1, 0.15) is 6.07 Å². The fourth-order valence-electron chi connectivity index (χ4n) is 2.53. The van der Waals surface area contributed by atoms with Gasteiger partial charge in [0.15, 0.2) is 0 Å². The minimum absolute atomic E-state index is 0.605. The highest BCUT2D eigenvalue weighted by atomic mass is 14.8. The summed E-state index contributed by atoms with van der Waals surface area (Å²) in [6, 6.07) is 3.88. The second kappa shape index (κ2) is 6.38. The van der Waals surface area contributed by atoms with Gasteiger partial charge in [0, 0.05) is 18.1 Å². The van der Waals surface area contributed by atoms with E-state index in [0.29, 0.717) is 5.56 Å². The Morgan fingerprint density at radius 2 is 1.60 bits per heavy atom. The maximum atomic E-state index is 8.85. The highest BCUT2D eigenvalue weighted by molar-refractivity contribution is 6.11. The van der Waals surface area contributed by atoms with Crippen molar-refractivity contribution in [1.29, 1.82) is 5.26 Å². The molecule has 1 aromatic rings. The third kappa shape index (κ3) is 3.43. The maximum Gasteiger partial charge on any atom is 0.101 e. The van der Waals surface area contributed by atoms with Crippen molar-refractivity contribution >= 4 is 23.7 Å². The van der Waals surface area contributed by atoms with E-state index in [1.165, 1.54) is 0 Å². The molecule has 1 aromatic heterocycles. The van der Waals surface area contributed by atoms with Crippen LogP contribution < -0.4 is 0 Å². The lowest BCUT2D eigenvalue weighted by atomic mass is 10.2. The molecule has 0 aliphatic carbocycles. The third-order valence-corrected chi connectivity index (χ3v) is 3.67. The molecular formula is C20H13N5. The maximum absolute atomic E-state index is 8.85. The van der Waals surface area contributed by atoms with Gasteiger partial charge in [-0.3, -0.25) is 4.99 Å². The van der Waals surface area contributed by atoms with Crippen molar-refractivity contribution in [2.24, 2.45) is 15.0 Å². The van der Waals surface area contributed by atoms with Crippen LogP contribution in [0, 0.1) is 11.3 Å². The molecule has 0 radical (unpaired) electrons. The van der Waals surface area contributed by atoms with Crippen LogP contribution in [0.5, 0.6) is 0 Å². The summed E-state index contributed by atoms with van der Waals surface area (Å²) in [6.07, 6.45) is 20.8. The monoisotopic (exact) mass is 323 g/mol. The van der Waals surface area contributed by atoms with Gasteiger partial charge in [0.2, 0.25) is 0 Å². The zero-order chi connectivity index (χ0) is 17.1. The van der Waals surface area contributed by atoms with Gasteiger partial charge < -0.3 is 4.98 Å². The number of rotatable bonds is 3. The summed E-state index contributed by atoms with van der Waals surface area (Å²) >= 11 is 0. The first kappa shape index (κ1) is 14.8. The molecular weight excluding hydrogens is 310 g/mol. The first-order valence-corrected chi connectivity index (χ1v) is 7.76. The second-order valence-electron chi connectivity index (χ2n) is 5.54. The van der Waals surface area contributed by atoms with Crippen LogP contribution in [0.25, 0.3) is 6.08 Å². The van der Waals surface area contributed by atoms with E-state index in [1.807, 2.05) is 54.7 Å². The summed E-state index contributed by atoms with van der Waals surface area (Å²) in [5, 5.41) is 8.85. The summed E-state index contributed by atoms with van der Waals surface area (Å²) in [4.78, 5) is 16.3. The molecule has 4 heterocycles. The quantitative estimate of drug-likeness (QED) is 0.905. The molecule has 3 aliphatic rings. The van der Waals surface area contributed by atoms with Crippen LogP contribution >= 0.6 is 0 Å². The predicted octanol–water partition coefficient (Wildman–Crippen LogP) is 3.66. The smallest absolute Gasteiger partial charge is 0.101 e. The van der Waals surface area contributed by atoms with Gasteiger partial charge >= 0.3 is 0 Å². The van der Waals surface area contributed by atoms with Crippen molar-refractivity contribution in [2.75, 3.05) is 0 Å². The van der Waals surface area contributed by atoms with Gasteiger partial charge in [-0.05, 0) is 60.8 Å². The predicted molar refractivity (Wildman–Crippen MR) is 100 cm³/mol. The number of nitriles is 1. The van der Waals surface area contributed by atoms with Gasteiger partial charge in [0.05, 0.1) is 34.1 Å². The Labute approximate surface area is 144 Å². The molecule has 0 saturated carbocycles.